The number of fused-ring (bicyclic) bond motifs is 1. The van der Waals surface area contributed by atoms with Gasteiger partial charge >= 0.3 is 6.18 Å². The predicted molar refractivity (Wildman–Crippen MR) is 97.3 cm³/mol. The summed E-state index contributed by atoms with van der Waals surface area (Å²) in [6.45, 7) is 5.45. The van der Waals surface area contributed by atoms with E-state index in [9.17, 15) is 18.0 Å². The summed E-state index contributed by atoms with van der Waals surface area (Å²) in [6, 6.07) is -0.118. The molecule has 6 nitrogen and oxygen atoms in total. The lowest BCUT2D eigenvalue weighted by Crippen LogP contribution is -2.50. The van der Waals surface area contributed by atoms with E-state index in [0.717, 1.165) is 12.8 Å². The van der Waals surface area contributed by atoms with Gasteiger partial charge in [0.05, 0.1) is 6.04 Å². The molecule has 152 valence electrons. The highest BCUT2D eigenvalue weighted by Crippen LogP contribution is 2.44. The van der Waals surface area contributed by atoms with Gasteiger partial charge in [0, 0.05) is 19.1 Å². The molecule has 2 aliphatic rings. The number of rotatable bonds is 6. The summed E-state index contributed by atoms with van der Waals surface area (Å²) in [5, 5.41) is 6.46. The van der Waals surface area contributed by atoms with Crippen LogP contribution in [-0.2, 0) is 11.0 Å². The first-order valence-corrected chi connectivity index (χ1v) is 10.1. The van der Waals surface area contributed by atoms with Crippen LogP contribution in [0.3, 0.4) is 0 Å². The quantitative estimate of drug-likeness (QED) is 0.787. The summed E-state index contributed by atoms with van der Waals surface area (Å²) < 4.78 is 38.4. The number of hydrogen-bond acceptors (Lipinski definition) is 6. The molecule has 2 N–H and O–H groups in total. The van der Waals surface area contributed by atoms with Gasteiger partial charge in [0.1, 0.15) is 0 Å². The van der Waals surface area contributed by atoms with Gasteiger partial charge in [-0.1, -0.05) is 25.2 Å². The van der Waals surface area contributed by atoms with Gasteiger partial charge in [0.15, 0.2) is 0 Å². The van der Waals surface area contributed by atoms with Crippen LogP contribution in [-0.4, -0.2) is 53.2 Å². The molecule has 3 rings (SSSR count). The van der Waals surface area contributed by atoms with Gasteiger partial charge in [-0.15, -0.1) is 10.2 Å². The van der Waals surface area contributed by atoms with E-state index in [-0.39, 0.29) is 18.0 Å². The Morgan fingerprint density at radius 2 is 2.04 bits per heavy atom. The minimum absolute atomic E-state index is 0.200. The number of carbonyl (C=O) groups is 1. The van der Waals surface area contributed by atoms with Crippen molar-refractivity contribution in [3.05, 3.63) is 5.01 Å². The van der Waals surface area contributed by atoms with Gasteiger partial charge in [-0.3, -0.25) is 9.69 Å². The van der Waals surface area contributed by atoms with Crippen LogP contribution in [0, 0.1) is 17.8 Å². The Bertz CT molecular complexity index is 680. The zero-order valence-electron chi connectivity index (χ0n) is 15.7. The Morgan fingerprint density at radius 3 is 2.59 bits per heavy atom. The van der Waals surface area contributed by atoms with Crippen molar-refractivity contribution >= 4 is 22.4 Å². The van der Waals surface area contributed by atoms with Crippen LogP contribution < -0.4 is 10.6 Å². The summed E-state index contributed by atoms with van der Waals surface area (Å²) in [5.41, 5.74) is 5.64. The fourth-order valence-electron chi connectivity index (χ4n) is 4.52. The maximum absolute atomic E-state index is 12.8. The molecule has 10 heteroatoms. The summed E-state index contributed by atoms with van der Waals surface area (Å²) in [7, 11) is 1.94. The van der Waals surface area contributed by atoms with E-state index in [1.54, 1.807) is 0 Å². The number of anilines is 1. The van der Waals surface area contributed by atoms with E-state index < -0.39 is 11.2 Å². The van der Waals surface area contributed by atoms with Crippen LogP contribution in [0.1, 0.15) is 38.1 Å². The maximum atomic E-state index is 12.8. The molecule has 0 aromatic carbocycles. The third-order valence-corrected chi connectivity index (χ3v) is 6.81. The van der Waals surface area contributed by atoms with E-state index in [0.29, 0.717) is 53.7 Å². The lowest BCUT2D eigenvalue weighted by Gasteiger charge is -2.35. The highest BCUT2D eigenvalue weighted by atomic mass is 32.1. The van der Waals surface area contributed by atoms with Crippen LogP contribution in [0.5, 0.6) is 0 Å². The van der Waals surface area contributed by atoms with Crippen LogP contribution in [0.4, 0.5) is 18.3 Å². The Balaban J connectivity index is 1.71. The van der Waals surface area contributed by atoms with E-state index >= 15 is 0 Å². The summed E-state index contributed by atoms with van der Waals surface area (Å²) in [5.74, 6) is 0.721. The van der Waals surface area contributed by atoms with Gasteiger partial charge in [-0.25, -0.2) is 0 Å². The minimum atomic E-state index is -4.46. The third kappa shape index (κ3) is 4.21. The van der Waals surface area contributed by atoms with Crippen molar-refractivity contribution in [1.29, 1.82) is 0 Å². The standard InChI is InChI=1S/C17H26F3N5OS/c1-9(2)6-13(14(21)26)24(3)12-5-4-10-7-25(8-11(10)12)16-23-22-15(27-16)17(18,19)20/h9-13H,4-8H2,1-3H3,(H2,21,26)/t10-,11+,12+,13+/m1/s1. The fourth-order valence-corrected chi connectivity index (χ4v) is 5.25. The molecule has 1 aromatic rings. The average molecular weight is 405 g/mol. The number of nitrogens with zero attached hydrogens (tertiary/aromatic N) is 4. The number of nitrogens with two attached hydrogens (primary N) is 1. The SMILES string of the molecule is CC(C)C[C@@H](C(N)=O)N(C)[C@H]1CC[C@@H]2CN(c3nnc(C(F)(F)F)s3)C[C@@H]21. The number of amides is 1. The molecule has 1 aliphatic heterocycles. The van der Waals surface area contributed by atoms with E-state index in [1.165, 1.54) is 0 Å². The molecule has 0 unspecified atom stereocenters. The predicted octanol–water partition coefficient (Wildman–Crippen LogP) is 2.60. The van der Waals surface area contributed by atoms with Crippen molar-refractivity contribution in [1.82, 2.24) is 15.1 Å². The first-order chi connectivity index (χ1) is 12.6. The normalized spacial score (nSPS) is 26.8. The molecule has 1 saturated carbocycles. The minimum Gasteiger partial charge on any atom is -0.368 e. The first-order valence-electron chi connectivity index (χ1n) is 9.24. The largest absolute Gasteiger partial charge is 0.445 e. The number of likely N-dealkylation sites (N-methyl/N-ethyl adjacent to an activating group) is 1. The summed E-state index contributed by atoms with van der Waals surface area (Å²) >= 11 is 0.596. The number of alkyl halides is 3. The molecule has 27 heavy (non-hydrogen) atoms. The maximum Gasteiger partial charge on any atom is 0.445 e. The summed E-state index contributed by atoms with van der Waals surface area (Å²) in [4.78, 5) is 16.0. The van der Waals surface area contributed by atoms with Gasteiger partial charge < -0.3 is 10.6 Å². The van der Waals surface area contributed by atoms with Crippen LogP contribution >= 0.6 is 11.3 Å². The van der Waals surface area contributed by atoms with Crippen molar-refractivity contribution in [2.75, 3.05) is 25.0 Å². The molecule has 4 atom stereocenters. The second-order valence-corrected chi connectivity index (χ2v) is 9.03. The lowest BCUT2D eigenvalue weighted by molar-refractivity contribution is -0.138. The van der Waals surface area contributed by atoms with E-state index in [1.807, 2.05) is 11.9 Å². The Morgan fingerprint density at radius 1 is 1.33 bits per heavy atom. The molecule has 1 saturated heterocycles. The van der Waals surface area contributed by atoms with Crippen molar-refractivity contribution in [3.8, 4) is 0 Å². The van der Waals surface area contributed by atoms with Gasteiger partial charge in [0.2, 0.25) is 16.0 Å². The molecular formula is C17H26F3N5OS. The van der Waals surface area contributed by atoms with E-state index in [4.69, 9.17) is 5.73 Å². The number of carbonyl (C=O) groups excluding carboxylic acids is 1. The Labute approximate surface area is 160 Å². The van der Waals surface area contributed by atoms with Gasteiger partial charge in [-0.2, -0.15) is 13.2 Å². The molecule has 0 bridgehead atoms. The molecule has 0 radical (unpaired) electrons. The third-order valence-electron chi connectivity index (χ3n) is 5.78. The summed E-state index contributed by atoms with van der Waals surface area (Å²) in [6.07, 6.45) is -1.78. The molecule has 1 aliphatic carbocycles. The van der Waals surface area contributed by atoms with Crippen LogP contribution in [0.25, 0.3) is 0 Å². The van der Waals surface area contributed by atoms with Crippen molar-refractivity contribution in [2.24, 2.45) is 23.5 Å². The number of halogens is 3. The Kier molecular flexibility index (Phi) is 5.67. The highest BCUT2D eigenvalue weighted by Gasteiger charge is 2.47. The average Bonchev–Trinajstić information content (AvgIpc) is 3.24. The molecule has 2 heterocycles. The number of aromatic nitrogens is 2. The monoisotopic (exact) mass is 405 g/mol. The molecule has 0 spiro atoms. The van der Waals surface area contributed by atoms with Crippen molar-refractivity contribution < 1.29 is 18.0 Å². The fraction of sp³-hybridized carbons (Fsp3) is 0.824. The smallest absolute Gasteiger partial charge is 0.368 e. The van der Waals surface area contributed by atoms with Gasteiger partial charge in [-0.05, 0) is 44.1 Å². The lowest BCUT2D eigenvalue weighted by atomic mass is 9.94. The van der Waals surface area contributed by atoms with Crippen LogP contribution in [0.15, 0.2) is 0 Å². The second kappa shape index (κ2) is 7.54. The van der Waals surface area contributed by atoms with Crippen molar-refractivity contribution in [3.63, 3.8) is 0 Å². The second-order valence-electron chi connectivity index (χ2n) is 8.07. The van der Waals surface area contributed by atoms with Crippen molar-refractivity contribution in [2.45, 2.75) is 51.4 Å². The molecule has 1 aromatic heterocycles. The zero-order valence-corrected chi connectivity index (χ0v) is 16.6. The highest BCUT2D eigenvalue weighted by molar-refractivity contribution is 7.15. The molecule has 2 fully saturated rings. The topological polar surface area (TPSA) is 75.4 Å². The molecular weight excluding hydrogens is 379 g/mol. The van der Waals surface area contributed by atoms with Gasteiger partial charge in [0.25, 0.3) is 0 Å². The first kappa shape index (κ1) is 20.3. The van der Waals surface area contributed by atoms with Crippen LogP contribution in [0.2, 0.25) is 0 Å². The number of primary amides is 1. The molecule has 1 amide bonds. The zero-order chi connectivity index (χ0) is 19.9. The van der Waals surface area contributed by atoms with E-state index in [2.05, 4.69) is 28.9 Å². The Hall–Kier alpha value is -1.42. The number of hydrogen-bond donors (Lipinski definition) is 1.